The van der Waals surface area contributed by atoms with Crippen molar-refractivity contribution in [1.82, 2.24) is 0 Å². The Labute approximate surface area is 144 Å². The van der Waals surface area contributed by atoms with Crippen molar-refractivity contribution in [2.24, 2.45) is 0 Å². The molecule has 0 atom stereocenters. The average Bonchev–Trinajstić information content (AvgIpc) is 2.52. The van der Waals surface area contributed by atoms with Crippen LogP contribution < -0.4 is 9.46 Å². The molecule has 8 heteroatoms. The topological polar surface area (TPSA) is 72.5 Å². The lowest BCUT2D eigenvalue weighted by Gasteiger charge is -2.07. The largest absolute Gasteiger partial charge is 0.434 e. The van der Waals surface area contributed by atoms with Gasteiger partial charge < -0.3 is 4.74 Å². The summed E-state index contributed by atoms with van der Waals surface area (Å²) in [7, 11) is -3.40. The number of nitrogens with one attached hydrogen (secondary N) is 1. The second-order valence-electron chi connectivity index (χ2n) is 5.07. The van der Waals surface area contributed by atoms with Crippen molar-refractivity contribution >= 4 is 27.6 Å². The molecule has 0 saturated carbocycles. The van der Waals surface area contributed by atoms with E-state index in [1.165, 1.54) is 42.5 Å². The number of para-hydroxylation sites is 1. The molecule has 0 heterocycles. The second-order valence-corrected chi connectivity index (χ2v) is 6.81. The Kier molecular flexibility index (Phi) is 5.87. The van der Waals surface area contributed by atoms with E-state index in [0.717, 1.165) is 6.26 Å². The van der Waals surface area contributed by atoms with Gasteiger partial charge in [0.1, 0.15) is 5.75 Å². The van der Waals surface area contributed by atoms with Gasteiger partial charge in [-0.15, -0.1) is 0 Å². The molecule has 0 unspecified atom stereocenters. The third-order valence-electron chi connectivity index (χ3n) is 3.02. The zero-order valence-corrected chi connectivity index (χ0v) is 14.0. The van der Waals surface area contributed by atoms with Gasteiger partial charge in [-0.25, -0.2) is 8.42 Å². The molecule has 2 rings (SSSR count). The summed E-state index contributed by atoms with van der Waals surface area (Å²) in [6.45, 7) is -2.96. The van der Waals surface area contributed by atoms with Gasteiger partial charge in [-0.05, 0) is 42.5 Å². The van der Waals surface area contributed by atoms with Crippen LogP contribution in [0.2, 0.25) is 0 Å². The number of allylic oxidation sites excluding steroid dienone is 1. The summed E-state index contributed by atoms with van der Waals surface area (Å²) >= 11 is 0. The standard InChI is InChI=1S/C17H15F2NO4S/c1-25(22,23)20-14-9-6-12(7-10-14)15(21)11-8-13-4-2-3-5-16(13)24-17(18)19/h2-11,17,20H,1H3. The highest BCUT2D eigenvalue weighted by atomic mass is 32.2. The number of hydrogen-bond donors (Lipinski definition) is 1. The summed E-state index contributed by atoms with van der Waals surface area (Å²) in [4.78, 5) is 12.1. The van der Waals surface area contributed by atoms with Crippen LogP contribution in [0.25, 0.3) is 6.08 Å². The van der Waals surface area contributed by atoms with Crippen molar-refractivity contribution in [1.29, 1.82) is 0 Å². The third-order valence-corrected chi connectivity index (χ3v) is 3.63. The van der Waals surface area contributed by atoms with E-state index in [0.29, 0.717) is 16.8 Å². The molecule has 0 aliphatic carbocycles. The summed E-state index contributed by atoms with van der Waals surface area (Å²) in [5.41, 5.74) is 0.993. The van der Waals surface area contributed by atoms with E-state index in [2.05, 4.69) is 9.46 Å². The average molecular weight is 367 g/mol. The van der Waals surface area contributed by atoms with Crippen LogP contribution in [0.4, 0.5) is 14.5 Å². The van der Waals surface area contributed by atoms with Crippen molar-refractivity contribution in [2.75, 3.05) is 11.0 Å². The van der Waals surface area contributed by atoms with Crippen LogP contribution in [0, 0.1) is 0 Å². The van der Waals surface area contributed by atoms with Gasteiger partial charge in [-0.1, -0.05) is 18.2 Å². The number of carbonyl (C=O) groups is 1. The first kappa shape index (κ1) is 18.6. The number of carbonyl (C=O) groups excluding carboxylic acids is 1. The Morgan fingerprint density at radius 1 is 1.12 bits per heavy atom. The minimum absolute atomic E-state index is 0.0331. The molecule has 0 fully saturated rings. The van der Waals surface area contributed by atoms with E-state index in [4.69, 9.17) is 0 Å². The van der Waals surface area contributed by atoms with Crippen molar-refractivity contribution < 1.29 is 26.7 Å². The monoisotopic (exact) mass is 367 g/mol. The molecule has 0 amide bonds. The van der Waals surface area contributed by atoms with Crippen LogP contribution >= 0.6 is 0 Å². The van der Waals surface area contributed by atoms with Crippen molar-refractivity contribution in [3.05, 3.63) is 65.7 Å². The van der Waals surface area contributed by atoms with E-state index in [-0.39, 0.29) is 11.5 Å². The number of rotatable bonds is 7. The second kappa shape index (κ2) is 7.89. The molecular formula is C17H15F2NO4S. The van der Waals surface area contributed by atoms with Gasteiger partial charge in [0.2, 0.25) is 10.0 Å². The summed E-state index contributed by atoms with van der Waals surface area (Å²) in [5, 5.41) is 0. The molecule has 0 spiro atoms. The predicted molar refractivity (Wildman–Crippen MR) is 91.3 cm³/mol. The van der Waals surface area contributed by atoms with E-state index in [1.807, 2.05) is 0 Å². The first-order valence-electron chi connectivity index (χ1n) is 7.09. The lowest BCUT2D eigenvalue weighted by atomic mass is 10.1. The normalized spacial score (nSPS) is 11.7. The number of benzene rings is 2. The third kappa shape index (κ3) is 6.00. The molecular weight excluding hydrogens is 352 g/mol. The Balaban J connectivity index is 2.13. The first-order valence-corrected chi connectivity index (χ1v) is 8.98. The van der Waals surface area contributed by atoms with Gasteiger partial charge in [-0.3, -0.25) is 9.52 Å². The van der Waals surface area contributed by atoms with Crippen LogP contribution in [-0.2, 0) is 10.0 Å². The predicted octanol–water partition coefficient (Wildman–Crippen LogP) is 3.56. The van der Waals surface area contributed by atoms with Crippen LogP contribution in [-0.4, -0.2) is 27.1 Å². The molecule has 0 aliphatic rings. The minimum atomic E-state index is -3.40. The quantitative estimate of drug-likeness (QED) is 0.600. The highest BCUT2D eigenvalue weighted by Crippen LogP contribution is 2.22. The summed E-state index contributed by atoms with van der Waals surface area (Å²) in [5.74, 6) is -0.396. The number of alkyl halides is 2. The molecule has 0 aromatic heterocycles. The maximum atomic E-state index is 12.4. The first-order chi connectivity index (χ1) is 11.7. The highest BCUT2D eigenvalue weighted by molar-refractivity contribution is 7.92. The fourth-order valence-corrected chi connectivity index (χ4v) is 2.56. The molecule has 132 valence electrons. The number of ketones is 1. The van der Waals surface area contributed by atoms with Gasteiger partial charge >= 0.3 is 6.61 Å². The Bertz CT molecular complexity index is 878. The van der Waals surface area contributed by atoms with E-state index in [1.54, 1.807) is 18.2 Å². The van der Waals surface area contributed by atoms with E-state index < -0.39 is 16.6 Å². The zero-order valence-electron chi connectivity index (χ0n) is 13.1. The number of anilines is 1. The fraction of sp³-hybridized carbons (Fsp3) is 0.118. The van der Waals surface area contributed by atoms with Crippen molar-refractivity contribution in [2.45, 2.75) is 6.61 Å². The molecule has 0 radical (unpaired) electrons. The van der Waals surface area contributed by atoms with Gasteiger partial charge in [0.25, 0.3) is 0 Å². The number of ether oxygens (including phenoxy) is 1. The Morgan fingerprint density at radius 3 is 2.36 bits per heavy atom. The Morgan fingerprint density at radius 2 is 1.76 bits per heavy atom. The SMILES string of the molecule is CS(=O)(=O)Nc1ccc(C(=O)C=Cc2ccccc2OC(F)F)cc1. The Hall–Kier alpha value is -2.74. The van der Waals surface area contributed by atoms with Crippen LogP contribution in [0.1, 0.15) is 15.9 Å². The lowest BCUT2D eigenvalue weighted by molar-refractivity contribution is -0.0499. The molecule has 0 saturated heterocycles. The lowest BCUT2D eigenvalue weighted by Crippen LogP contribution is -2.09. The van der Waals surface area contributed by atoms with Crippen molar-refractivity contribution in [3.63, 3.8) is 0 Å². The summed E-state index contributed by atoms with van der Waals surface area (Å²) in [6, 6.07) is 11.9. The number of sulfonamides is 1. The van der Waals surface area contributed by atoms with Gasteiger partial charge in [0, 0.05) is 16.8 Å². The number of halogens is 2. The molecule has 2 aromatic rings. The van der Waals surface area contributed by atoms with Gasteiger partial charge in [0.05, 0.1) is 6.26 Å². The smallest absolute Gasteiger partial charge is 0.387 e. The number of hydrogen-bond acceptors (Lipinski definition) is 4. The molecule has 5 nitrogen and oxygen atoms in total. The molecule has 2 aromatic carbocycles. The minimum Gasteiger partial charge on any atom is -0.434 e. The van der Waals surface area contributed by atoms with Crippen molar-refractivity contribution in [3.8, 4) is 5.75 Å². The van der Waals surface area contributed by atoms with E-state index >= 15 is 0 Å². The maximum absolute atomic E-state index is 12.4. The molecule has 1 N–H and O–H groups in total. The van der Waals surface area contributed by atoms with E-state index in [9.17, 15) is 22.0 Å². The molecule has 25 heavy (non-hydrogen) atoms. The van der Waals surface area contributed by atoms with Crippen LogP contribution in [0.3, 0.4) is 0 Å². The molecule has 0 aliphatic heterocycles. The highest BCUT2D eigenvalue weighted by Gasteiger charge is 2.08. The van der Waals surface area contributed by atoms with Crippen LogP contribution in [0.5, 0.6) is 5.75 Å². The summed E-state index contributed by atoms with van der Waals surface area (Å²) in [6.07, 6.45) is 3.63. The van der Waals surface area contributed by atoms with Crippen LogP contribution in [0.15, 0.2) is 54.6 Å². The molecule has 0 bridgehead atoms. The zero-order chi connectivity index (χ0) is 18.4. The maximum Gasteiger partial charge on any atom is 0.387 e. The fourth-order valence-electron chi connectivity index (χ4n) is 2.00. The van der Waals surface area contributed by atoms with Gasteiger partial charge in [0.15, 0.2) is 5.78 Å². The summed E-state index contributed by atoms with van der Waals surface area (Å²) < 4.78 is 53.7. The van der Waals surface area contributed by atoms with Gasteiger partial charge in [-0.2, -0.15) is 8.78 Å².